The molecule has 0 aromatic rings. The van der Waals surface area contributed by atoms with Crippen LogP contribution >= 0.6 is 16.6 Å². The average Bonchev–Trinajstić information content (AvgIpc) is 1.81. The van der Waals surface area contributed by atoms with Crippen molar-refractivity contribution in [1.29, 1.82) is 0 Å². The lowest BCUT2D eigenvalue weighted by atomic mass is 11.5. The lowest BCUT2D eigenvalue weighted by Gasteiger charge is -2.24. The molecular weight excluding hydrogens is 245 g/mol. The molecule has 0 aliphatic carbocycles. The molecule has 0 aromatic carbocycles. The third kappa shape index (κ3) is 2.09. The van der Waals surface area contributed by atoms with Crippen molar-refractivity contribution >= 4 is 28.4 Å². The maximum atomic E-state index is 11.8. The molecule has 0 rings (SSSR count). The predicted octanol–water partition coefficient (Wildman–Crippen LogP) is 3.78. The first-order valence-electron chi connectivity index (χ1n) is 2.35. The largest absolute Gasteiger partial charge is 0.431 e. The molecule has 9 heteroatoms. The summed E-state index contributed by atoms with van der Waals surface area (Å²) in [6, 6.07) is 0. The van der Waals surface area contributed by atoms with Gasteiger partial charge < -0.3 is 0 Å². The lowest BCUT2D eigenvalue weighted by Crippen LogP contribution is -2.19. The zero-order valence-corrected chi connectivity index (χ0v) is 8.06. The van der Waals surface area contributed by atoms with Gasteiger partial charge in [0.15, 0.2) is 0 Å². The van der Waals surface area contributed by atoms with E-state index in [0.717, 1.165) is 6.26 Å². The van der Waals surface area contributed by atoms with Crippen LogP contribution in [0.25, 0.3) is 0 Å². The van der Waals surface area contributed by atoms with Crippen LogP contribution in [-0.4, -0.2) is 18.1 Å². The van der Waals surface area contributed by atoms with Crippen LogP contribution in [0.5, 0.6) is 0 Å². The van der Waals surface area contributed by atoms with Gasteiger partial charge >= 0.3 is 11.8 Å². The van der Waals surface area contributed by atoms with Gasteiger partial charge in [-0.2, -0.15) is 26.3 Å². The molecule has 0 nitrogen and oxygen atoms in total. The monoisotopic (exact) mass is 248 g/mol. The number of alkyl halides is 6. The highest BCUT2D eigenvalue weighted by molar-refractivity contribution is 8.71. The minimum atomic E-state index is -5.35. The Balaban J connectivity index is 5.11. The Hall–Kier alpha value is 0.580. The molecule has 0 aliphatic rings. The van der Waals surface area contributed by atoms with Crippen molar-refractivity contribution < 1.29 is 26.3 Å². The second-order valence-electron chi connectivity index (χ2n) is 1.67. The van der Waals surface area contributed by atoms with E-state index in [1.54, 1.807) is 0 Å². The van der Waals surface area contributed by atoms with Crippen molar-refractivity contribution in [2.24, 2.45) is 0 Å². The fraction of sp³-hybridized carbons (Fsp3) is 1.00. The Labute approximate surface area is 73.5 Å². The molecule has 0 amide bonds. The quantitative estimate of drug-likeness (QED) is 0.511. The Morgan fingerprint density at radius 3 is 1.25 bits per heavy atom. The fourth-order valence-corrected chi connectivity index (χ4v) is 2.29. The van der Waals surface area contributed by atoms with Crippen LogP contribution in [0.3, 0.4) is 0 Å². The molecule has 0 bridgehead atoms. The van der Waals surface area contributed by atoms with Crippen molar-refractivity contribution in [3.05, 3.63) is 0 Å². The molecular formula is C3H3F6PS2. The van der Waals surface area contributed by atoms with Crippen molar-refractivity contribution in [3.63, 3.8) is 0 Å². The second-order valence-corrected chi connectivity index (χ2v) is 9.23. The van der Waals surface area contributed by atoms with Crippen LogP contribution < -0.4 is 0 Å². The van der Waals surface area contributed by atoms with Gasteiger partial charge in [0.1, 0.15) is 0 Å². The first-order chi connectivity index (χ1) is 5.06. The summed E-state index contributed by atoms with van der Waals surface area (Å²) in [7, 11) is 0. The number of rotatable bonds is 1. The third-order valence-corrected chi connectivity index (χ3v) is 8.14. The minimum absolute atomic E-state index is 0.338. The van der Waals surface area contributed by atoms with Crippen LogP contribution in [0.15, 0.2) is 0 Å². The number of hydrogen-bond donors (Lipinski definition) is 0. The number of halogens is 6. The van der Waals surface area contributed by atoms with Crippen LogP contribution in [0.4, 0.5) is 26.3 Å². The molecule has 0 spiro atoms. The summed E-state index contributed by atoms with van der Waals surface area (Å²) in [5.41, 5.74) is 0. The zero-order valence-electron chi connectivity index (χ0n) is 5.53. The van der Waals surface area contributed by atoms with Crippen LogP contribution in [0.1, 0.15) is 0 Å². The zero-order chi connectivity index (χ0) is 10.2. The van der Waals surface area contributed by atoms with E-state index < -0.39 is 17.1 Å². The summed E-state index contributed by atoms with van der Waals surface area (Å²) in [5.74, 6) is -10.7. The highest BCUT2D eigenvalue weighted by atomic mass is 32.9. The molecule has 0 saturated heterocycles. The van der Waals surface area contributed by atoms with E-state index in [0.29, 0.717) is 0 Å². The van der Waals surface area contributed by atoms with Gasteiger partial charge in [-0.15, -0.1) is 11.4 Å². The number of hydrogen-bond acceptors (Lipinski definition) is 2. The molecule has 0 saturated carbocycles. The maximum absolute atomic E-state index is 11.8. The Morgan fingerprint density at radius 2 is 1.25 bits per heavy atom. The molecule has 0 aromatic heterocycles. The van der Waals surface area contributed by atoms with E-state index in [1.807, 2.05) is 0 Å². The standard InChI is InChI=1S/C3H3F6PS2/c1-12-10(11,2(4,5)6)3(7,8)9/h1H3. The predicted molar refractivity (Wildman–Crippen MR) is 39.9 cm³/mol. The summed E-state index contributed by atoms with van der Waals surface area (Å²) >= 11 is 3.26. The maximum Gasteiger partial charge on any atom is 0.431 e. The fourth-order valence-electron chi connectivity index (χ4n) is 0.351. The van der Waals surface area contributed by atoms with Gasteiger partial charge in [-0.05, 0) is 6.26 Å². The smallest absolute Gasteiger partial charge is 0.165 e. The molecule has 0 N–H and O–H groups in total. The highest BCUT2D eigenvalue weighted by Crippen LogP contribution is 2.78. The van der Waals surface area contributed by atoms with Crippen molar-refractivity contribution in [1.82, 2.24) is 0 Å². The molecule has 0 atom stereocenters. The molecule has 12 heavy (non-hydrogen) atoms. The van der Waals surface area contributed by atoms with Gasteiger partial charge in [-0.1, -0.05) is 11.8 Å². The summed E-state index contributed by atoms with van der Waals surface area (Å²) in [6.07, 6.45) is 0.724. The van der Waals surface area contributed by atoms with E-state index in [9.17, 15) is 26.3 Å². The van der Waals surface area contributed by atoms with Gasteiger partial charge in [-0.3, -0.25) is 0 Å². The molecule has 0 aliphatic heterocycles. The van der Waals surface area contributed by atoms with Gasteiger partial charge in [-0.25, -0.2) is 0 Å². The summed E-state index contributed by atoms with van der Waals surface area (Å²) in [4.78, 5) is 0. The molecule has 74 valence electrons. The first kappa shape index (κ1) is 12.6. The third-order valence-electron chi connectivity index (χ3n) is 0.925. The average molecular weight is 248 g/mol. The van der Waals surface area contributed by atoms with Gasteiger partial charge in [0.2, 0.25) is 5.24 Å². The first-order valence-corrected chi connectivity index (χ1v) is 6.99. The second kappa shape index (κ2) is 3.38. The topological polar surface area (TPSA) is 0 Å². The molecule has 0 radical (unpaired) electrons. The minimum Gasteiger partial charge on any atom is -0.165 e. The van der Waals surface area contributed by atoms with E-state index in [1.165, 1.54) is 0 Å². The lowest BCUT2D eigenvalue weighted by molar-refractivity contribution is -0.0802. The van der Waals surface area contributed by atoms with E-state index >= 15 is 0 Å². The van der Waals surface area contributed by atoms with Crippen LogP contribution in [0, 0.1) is 0 Å². The Morgan fingerprint density at radius 1 is 1.00 bits per heavy atom. The molecule has 0 unspecified atom stereocenters. The summed E-state index contributed by atoms with van der Waals surface area (Å²) in [6.45, 7) is 0. The summed E-state index contributed by atoms with van der Waals surface area (Å²) in [5, 5.41) is -5.32. The van der Waals surface area contributed by atoms with Crippen molar-refractivity contribution in [3.8, 4) is 0 Å². The van der Waals surface area contributed by atoms with Gasteiger partial charge in [0, 0.05) is 0 Å². The van der Waals surface area contributed by atoms with Crippen molar-refractivity contribution in [2.45, 2.75) is 11.8 Å². The van der Waals surface area contributed by atoms with Gasteiger partial charge in [0.25, 0.3) is 0 Å². The van der Waals surface area contributed by atoms with Gasteiger partial charge in [0.05, 0.1) is 0 Å². The normalized spacial score (nSPS) is 14.9. The molecule has 0 heterocycles. The van der Waals surface area contributed by atoms with E-state index in [2.05, 4.69) is 11.8 Å². The van der Waals surface area contributed by atoms with E-state index in [4.69, 9.17) is 0 Å². The Kier molecular flexibility index (Phi) is 3.54. The van der Waals surface area contributed by atoms with Crippen molar-refractivity contribution in [2.75, 3.05) is 6.26 Å². The Bertz CT molecular complexity index is 186. The van der Waals surface area contributed by atoms with Crippen LogP contribution in [0.2, 0.25) is 0 Å². The SMILES string of the molecule is CSP(=S)(C(F)(F)F)C(F)(F)F. The molecule has 0 fully saturated rings. The van der Waals surface area contributed by atoms with Crippen LogP contribution in [-0.2, 0) is 11.8 Å². The highest BCUT2D eigenvalue weighted by Gasteiger charge is 2.63. The van der Waals surface area contributed by atoms with E-state index in [-0.39, 0.29) is 11.4 Å². The summed E-state index contributed by atoms with van der Waals surface area (Å²) < 4.78 is 70.8.